The molecule has 0 amide bonds. The minimum Gasteiger partial charge on any atom is -0.208 e. The number of nitrogens with zero attached hydrogens (tertiary/aromatic N) is 3. The van der Waals surface area contributed by atoms with Crippen LogP contribution in [-0.2, 0) is 6.42 Å². The summed E-state index contributed by atoms with van der Waals surface area (Å²) in [4.78, 5) is 15.3. The molecule has 1 heterocycles. The first-order valence-electron chi connectivity index (χ1n) is 17.5. The first kappa shape index (κ1) is 29.9. The molecule has 6 aromatic carbocycles. The summed E-state index contributed by atoms with van der Waals surface area (Å²) in [6.07, 6.45) is 15.3. The van der Waals surface area contributed by atoms with Gasteiger partial charge in [-0.15, -0.1) is 0 Å². The van der Waals surface area contributed by atoms with Crippen LogP contribution in [0.4, 0.5) is 0 Å². The molecule has 0 fully saturated rings. The van der Waals surface area contributed by atoms with Gasteiger partial charge in [-0.3, -0.25) is 0 Å². The fraction of sp³-hybridized carbons (Fsp3) is 0.0851. The Labute approximate surface area is 293 Å². The molecule has 0 unspecified atom stereocenters. The molecular formula is C47H35N3. The zero-order chi connectivity index (χ0) is 33.3. The van der Waals surface area contributed by atoms with E-state index in [1.54, 1.807) is 0 Å². The van der Waals surface area contributed by atoms with Crippen molar-refractivity contribution >= 4 is 22.4 Å². The van der Waals surface area contributed by atoms with Gasteiger partial charge in [0.05, 0.1) is 0 Å². The van der Waals surface area contributed by atoms with E-state index in [-0.39, 0.29) is 0 Å². The molecule has 0 radical (unpaired) electrons. The van der Waals surface area contributed by atoms with Crippen LogP contribution >= 0.6 is 0 Å². The van der Waals surface area contributed by atoms with Crippen LogP contribution in [0.1, 0.15) is 36.2 Å². The lowest BCUT2D eigenvalue weighted by atomic mass is 9.86. The predicted molar refractivity (Wildman–Crippen MR) is 208 cm³/mol. The van der Waals surface area contributed by atoms with Crippen LogP contribution in [-0.4, -0.2) is 15.0 Å². The zero-order valence-electron chi connectivity index (χ0n) is 27.8. The van der Waals surface area contributed by atoms with E-state index < -0.39 is 0 Å². The van der Waals surface area contributed by atoms with E-state index in [0.29, 0.717) is 17.5 Å². The maximum Gasteiger partial charge on any atom is 0.164 e. The van der Waals surface area contributed by atoms with Gasteiger partial charge in [0.25, 0.3) is 0 Å². The largest absolute Gasteiger partial charge is 0.208 e. The maximum absolute atomic E-state index is 5.16. The second-order valence-electron chi connectivity index (χ2n) is 13.0. The third-order valence-electron chi connectivity index (χ3n) is 9.80. The molecule has 0 aliphatic heterocycles. The number of rotatable bonds is 6. The highest BCUT2D eigenvalue weighted by Crippen LogP contribution is 2.40. The average molecular weight is 642 g/mol. The van der Waals surface area contributed by atoms with Crippen molar-refractivity contribution in [2.45, 2.75) is 25.7 Å². The Morgan fingerprint density at radius 2 is 0.980 bits per heavy atom. The van der Waals surface area contributed by atoms with Crippen molar-refractivity contribution in [3.8, 4) is 56.2 Å². The van der Waals surface area contributed by atoms with E-state index in [9.17, 15) is 0 Å². The SMILES string of the molecule is C1=CC(c2nc(-c3ccccc3)nc(-c3cc(-c4ccc(-c5ccccc5)cc4)cc(-c4cc5c(c6ccccc46)CCC=C5)c3)n2)=CCC1. The Morgan fingerprint density at radius 1 is 0.400 bits per heavy atom. The van der Waals surface area contributed by atoms with Crippen LogP contribution in [0, 0.1) is 0 Å². The molecule has 238 valence electrons. The Bertz CT molecular complexity index is 2450. The molecule has 3 heteroatoms. The number of benzene rings is 6. The highest BCUT2D eigenvalue weighted by Gasteiger charge is 2.18. The van der Waals surface area contributed by atoms with E-state index in [2.05, 4.69) is 146 Å². The summed E-state index contributed by atoms with van der Waals surface area (Å²) in [5.74, 6) is 2.04. The van der Waals surface area contributed by atoms with Gasteiger partial charge in [0.15, 0.2) is 17.5 Å². The number of hydrogen-bond acceptors (Lipinski definition) is 3. The van der Waals surface area contributed by atoms with Gasteiger partial charge in [0, 0.05) is 16.7 Å². The maximum atomic E-state index is 5.16. The quantitative estimate of drug-likeness (QED) is 0.181. The summed E-state index contributed by atoms with van der Waals surface area (Å²) < 4.78 is 0. The van der Waals surface area contributed by atoms with Gasteiger partial charge >= 0.3 is 0 Å². The smallest absolute Gasteiger partial charge is 0.164 e. The summed E-state index contributed by atoms with van der Waals surface area (Å²) in [6, 6.07) is 47.7. The van der Waals surface area contributed by atoms with E-state index in [1.807, 2.05) is 18.2 Å². The Balaban J connectivity index is 1.27. The Hall–Kier alpha value is -6.19. The molecule has 1 aromatic heterocycles. The van der Waals surface area contributed by atoms with Crippen molar-refractivity contribution in [1.29, 1.82) is 0 Å². The molecule has 7 aromatic rings. The molecule has 9 rings (SSSR count). The summed E-state index contributed by atoms with van der Waals surface area (Å²) in [5, 5.41) is 2.59. The van der Waals surface area contributed by atoms with Gasteiger partial charge in [-0.25, -0.2) is 15.0 Å². The lowest BCUT2D eigenvalue weighted by molar-refractivity contribution is 0.997. The molecule has 0 saturated heterocycles. The van der Waals surface area contributed by atoms with Gasteiger partial charge in [0.2, 0.25) is 0 Å². The molecule has 2 aliphatic carbocycles. The molecule has 0 saturated carbocycles. The highest BCUT2D eigenvalue weighted by atomic mass is 15.0. The topological polar surface area (TPSA) is 38.7 Å². The van der Waals surface area contributed by atoms with E-state index in [1.165, 1.54) is 38.6 Å². The summed E-state index contributed by atoms with van der Waals surface area (Å²) >= 11 is 0. The molecule has 50 heavy (non-hydrogen) atoms. The standard InChI is InChI=1S/C47H35N3/c1-4-14-32(15-5-1)33-24-26-34(27-25-33)38-28-39(44-31-37-20-10-11-21-41(37)42-22-12-13-23-43(42)44)30-40(29-38)47-49-45(35-16-6-2-7-17-35)48-46(50-47)36-18-8-3-9-19-36/h1-2,4-8,10,12-20,22-31H,3,9,11,21H2. The molecular weight excluding hydrogens is 607 g/mol. The molecule has 3 nitrogen and oxygen atoms in total. The van der Waals surface area contributed by atoms with Crippen LogP contribution in [0.5, 0.6) is 0 Å². The van der Waals surface area contributed by atoms with Crippen LogP contribution in [0.25, 0.3) is 78.6 Å². The second-order valence-corrected chi connectivity index (χ2v) is 13.0. The minimum atomic E-state index is 0.667. The summed E-state index contributed by atoms with van der Waals surface area (Å²) in [6.45, 7) is 0. The highest BCUT2D eigenvalue weighted by molar-refractivity contribution is 6.02. The lowest BCUT2D eigenvalue weighted by Gasteiger charge is -2.19. The average Bonchev–Trinajstić information content (AvgIpc) is 3.21. The second kappa shape index (κ2) is 13.0. The van der Waals surface area contributed by atoms with Gasteiger partial charge in [-0.1, -0.05) is 140 Å². The first-order valence-corrected chi connectivity index (χ1v) is 17.5. The van der Waals surface area contributed by atoms with E-state index in [0.717, 1.165) is 59.1 Å². The summed E-state index contributed by atoms with van der Waals surface area (Å²) in [7, 11) is 0. The number of aromatic nitrogens is 3. The zero-order valence-corrected chi connectivity index (χ0v) is 27.8. The third kappa shape index (κ3) is 5.77. The van der Waals surface area contributed by atoms with E-state index in [4.69, 9.17) is 15.0 Å². The van der Waals surface area contributed by atoms with Crippen LogP contribution < -0.4 is 0 Å². The van der Waals surface area contributed by atoms with Crippen molar-refractivity contribution in [3.05, 3.63) is 175 Å². The van der Waals surface area contributed by atoms with E-state index >= 15 is 0 Å². The van der Waals surface area contributed by atoms with Gasteiger partial charge in [0.1, 0.15) is 0 Å². The molecule has 0 N–H and O–H groups in total. The fourth-order valence-electron chi connectivity index (χ4n) is 7.26. The van der Waals surface area contributed by atoms with Crippen molar-refractivity contribution in [3.63, 3.8) is 0 Å². The van der Waals surface area contributed by atoms with Crippen LogP contribution in [0.2, 0.25) is 0 Å². The molecule has 0 bridgehead atoms. The van der Waals surface area contributed by atoms with Crippen molar-refractivity contribution in [2.75, 3.05) is 0 Å². The van der Waals surface area contributed by atoms with Gasteiger partial charge in [-0.2, -0.15) is 0 Å². The number of allylic oxidation sites excluding steroid dienone is 5. The molecule has 2 aliphatic rings. The third-order valence-corrected chi connectivity index (χ3v) is 9.80. The normalized spacial score (nSPS) is 13.6. The minimum absolute atomic E-state index is 0.667. The molecule has 0 atom stereocenters. The lowest BCUT2D eigenvalue weighted by Crippen LogP contribution is -2.03. The van der Waals surface area contributed by atoms with Crippen molar-refractivity contribution in [1.82, 2.24) is 15.0 Å². The predicted octanol–water partition coefficient (Wildman–Crippen LogP) is 12.1. The Morgan fingerprint density at radius 3 is 1.72 bits per heavy atom. The van der Waals surface area contributed by atoms with Crippen LogP contribution in [0.15, 0.2) is 158 Å². The fourth-order valence-corrected chi connectivity index (χ4v) is 7.26. The van der Waals surface area contributed by atoms with Crippen LogP contribution in [0.3, 0.4) is 0 Å². The first-order chi connectivity index (χ1) is 24.8. The number of hydrogen-bond donors (Lipinski definition) is 0. The summed E-state index contributed by atoms with van der Waals surface area (Å²) in [5.41, 5.74) is 12.7. The van der Waals surface area contributed by atoms with Crippen molar-refractivity contribution in [2.24, 2.45) is 0 Å². The number of fused-ring (bicyclic) bond motifs is 3. The number of aryl methyl sites for hydroxylation is 1. The van der Waals surface area contributed by atoms with Gasteiger partial charge in [-0.05, 0) is 105 Å². The Kier molecular flexibility index (Phi) is 7.79. The van der Waals surface area contributed by atoms with Crippen molar-refractivity contribution < 1.29 is 0 Å². The van der Waals surface area contributed by atoms with Gasteiger partial charge < -0.3 is 0 Å². The monoisotopic (exact) mass is 641 g/mol. The molecule has 0 spiro atoms.